The summed E-state index contributed by atoms with van der Waals surface area (Å²) in [6.45, 7) is 0.232. The van der Waals surface area contributed by atoms with E-state index in [-0.39, 0.29) is 11.2 Å². The molecule has 5 rings (SSSR count). The molecule has 4 atom stereocenters. The van der Waals surface area contributed by atoms with Crippen molar-refractivity contribution in [1.29, 1.82) is 0 Å². The monoisotopic (exact) mass is 561 g/mol. The van der Waals surface area contributed by atoms with Crippen molar-refractivity contribution >= 4 is 23.5 Å². The molecule has 2 bridgehead atoms. The van der Waals surface area contributed by atoms with E-state index in [1.165, 1.54) is 16.7 Å². The number of aliphatic hydroxyl groups excluding tert-OH is 2. The Hall–Kier alpha value is -3.57. The van der Waals surface area contributed by atoms with Crippen LogP contribution in [0.15, 0.2) is 66.7 Å². The molecule has 0 spiro atoms. The fraction of sp³-hybridized carbons (Fsp3) is 0.286. The van der Waals surface area contributed by atoms with Crippen molar-refractivity contribution in [1.82, 2.24) is 4.90 Å². The van der Waals surface area contributed by atoms with Crippen LogP contribution >= 0.6 is 11.6 Å². The van der Waals surface area contributed by atoms with E-state index in [0.717, 1.165) is 42.2 Å². The summed E-state index contributed by atoms with van der Waals surface area (Å²) >= 11 is 6.12. The largest absolute Gasteiger partial charge is 0.479 e. The van der Waals surface area contributed by atoms with Crippen LogP contribution in [0.1, 0.15) is 23.1 Å². The Balaban J connectivity index is 0.000000303. The molecule has 3 aromatic carbocycles. The molecule has 1 fully saturated rings. The SMILES string of the molecule is FC(F)Oc1ccc(-c2ccc3c(c2)CN2CCC3(c3ccc(Cl)cc3)C2)cc1.O=C(O)[C@H](O)[C@@H](O)C(=O)O. The first-order chi connectivity index (χ1) is 18.5. The second-order valence-electron chi connectivity index (χ2n) is 9.39. The number of hydrogen-bond acceptors (Lipinski definition) is 6. The highest BCUT2D eigenvalue weighted by Crippen LogP contribution is 2.47. The van der Waals surface area contributed by atoms with E-state index in [9.17, 15) is 18.4 Å². The van der Waals surface area contributed by atoms with Gasteiger partial charge in [-0.3, -0.25) is 4.90 Å². The standard InChI is InChI=1S/C24H20ClF2NO.C4H6O6/c25-20-6-4-19(5-7-20)24-11-12-28(15-24)14-18-13-17(3-10-22(18)24)16-1-8-21(9-2-16)29-23(26)27;5-1(3(7)8)2(6)4(9)10/h1-10,13,23H,11-12,14-15H2;1-2,5-6H,(H,7,8)(H,9,10)/t;1-,2-/m.1/s1. The van der Waals surface area contributed by atoms with E-state index in [1.807, 2.05) is 24.3 Å². The number of fused-ring (bicyclic) bond motifs is 4. The lowest BCUT2D eigenvalue weighted by Crippen LogP contribution is -2.39. The predicted octanol–water partition coefficient (Wildman–Crippen LogP) is 3.99. The summed E-state index contributed by atoms with van der Waals surface area (Å²) in [6, 6.07) is 21.7. The molecule has 2 aliphatic heterocycles. The molecule has 0 aliphatic carbocycles. The average Bonchev–Trinajstić information content (AvgIpc) is 3.26. The molecule has 4 N–H and O–H groups in total. The van der Waals surface area contributed by atoms with Crippen LogP contribution < -0.4 is 4.74 Å². The maximum atomic E-state index is 12.4. The molecule has 3 aromatic rings. The van der Waals surface area contributed by atoms with Crippen molar-refractivity contribution in [2.75, 3.05) is 13.1 Å². The molecule has 11 heteroatoms. The quantitative estimate of drug-likeness (QED) is 0.341. The van der Waals surface area contributed by atoms with Crippen LogP contribution in [0.25, 0.3) is 11.1 Å². The van der Waals surface area contributed by atoms with Gasteiger partial charge in [-0.15, -0.1) is 0 Å². The van der Waals surface area contributed by atoms with Crippen molar-refractivity contribution in [3.05, 3.63) is 88.4 Å². The van der Waals surface area contributed by atoms with Crippen molar-refractivity contribution in [3.63, 3.8) is 0 Å². The van der Waals surface area contributed by atoms with Gasteiger partial charge in [-0.2, -0.15) is 8.78 Å². The van der Waals surface area contributed by atoms with Crippen LogP contribution in [0, 0.1) is 0 Å². The van der Waals surface area contributed by atoms with Gasteiger partial charge in [0.15, 0.2) is 12.2 Å². The Morgan fingerprint density at radius 1 is 0.897 bits per heavy atom. The fourth-order valence-electron chi connectivity index (χ4n) is 5.11. The number of carbonyl (C=O) groups is 2. The number of carboxylic acid groups (broad SMARTS) is 2. The summed E-state index contributed by atoms with van der Waals surface area (Å²) in [4.78, 5) is 22.0. The van der Waals surface area contributed by atoms with Gasteiger partial charge in [-0.25, -0.2) is 9.59 Å². The number of alkyl halides is 2. The van der Waals surface area contributed by atoms with Crippen molar-refractivity contribution in [2.45, 2.75) is 37.2 Å². The lowest BCUT2D eigenvalue weighted by molar-refractivity contribution is -0.165. The predicted molar refractivity (Wildman–Crippen MR) is 138 cm³/mol. The molecule has 0 aromatic heterocycles. The number of aliphatic carboxylic acids is 2. The van der Waals surface area contributed by atoms with Crippen LogP contribution in [0.3, 0.4) is 0 Å². The summed E-state index contributed by atoms with van der Waals surface area (Å²) in [7, 11) is 0. The van der Waals surface area contributed by atoms with Gasteiger partial charge >= 0.3 is 18.6 Å². The molecule has 2 aliphatic rings. The van der Waals surface area contributed by atoms with E-state index in [1.54, 1.807) is 12.1 Å². The number of hydrogen-bond donors (Lipinski definition) is 4. The Morgan fingerprint density at radius 2 is 1.49 bits per heavy atom. The topological polar surface area (TPSA) is 128 Å². The molecule has 0 saturated carbocycles. The second-order valence-corrected chi connectivity index (χ2v) is 9.83. The van der Waals surface area contributed by atoms with Gasteiger partial charge in [0.05, 0.1) is 0 Å². The van der Waals surface area contributed by atoms with Crippen LogP contribution in [0.2, 0.25) is 5.02 Å². The zero-order valence-corrected chi connectivity index (χ0v) is 21.3. The van der Waals surface area contributed by atoms with Crippen molar-refractivity contribution in [3.8, 4) is 16.9 Å². The molecule has 1 saturated heterocycles. The van der Waals surface area contributed by atoms with E-state index < -0.39 is 30.8 Å². The fourth-order valence-corrected chi connectivity index (χ4v) is 5.24. The Morgan fingerprint density at radius 3 is 2.05 bits per heavy atom. The third-order valence-corrected chi connectivity index (χ3v) is 7.23. The molecular formula is C28H26ClF2NO7. The lowest BCUT2D eigenvalue weighted by atomic mass is 9.70. The van der Waals surface area contributed by atoms with Crippen molar-refractivity contribution in [2.24, 2.45) is 0 Å². The zero-order chi connectivity index (χ0) is 28.3. The summed E-state index contributed by atoms with van der Waals surface area (Å²) in [5, 5.41) is 33.3. The van der Waals surface area contributed by atoms with E-state index in [4.69, 9.17) is 32.0 Å². The highest BCUT2D eigenvalue weighted by Gasteiger charge is 2.45. The Labute approximate surface area is 227 Å². The third kappa shape index (κ3) is 6.20. The number of rotatable bonds is 7. The molecule has 0 amide bonds. The minimum Gasteiger partial charge on any atom is -0.479 e. The molecule has 206 valence electrons. The second kappa shape index (κ2) is 11.7. The van der Waals surface area contributed by atoms with Crippen LogP contribution in [-0.2, 0) is 21.5 Å². The van der Waals surface area contributed by atoms with E-state index >= 15 is 0 Å². The van der Waals surface area contributed by atoms with E-state index in [2.05, 4.69) is 40.0 Å². The van der Waals surface area contributed by atoms with Gasteiger partial charge in [0.25, 0.3) is 0 Å². The highest BCUT2D eigenvalue weighted by atomic mass is 35.5. The summed E-state index contributed by atoms with van der Waals surface area (Å²) < 4.78 is 29.2. The summed E-state index contributed by atoms with van der Waals surface area (Å²) in [6.07, 6.45) is -3.43. The van der Waals surface area contributed by atoms with Gasteiger partial charge < -0.3 is 25.2 Å². The van der Waals surface area contributed by atoms with Gasteiger partial charge in [0, 0.05) is 23.5 Å². The van der Waals surface area contributed by atoms with Crippen LogP contribution in [0.5, 0.6) is 5.75 Å². The molecule has 2 heterocycles. The van der Waals surface area contributed by atoms with Gasteiger partial charge in [0.2, 0.25) is 0 Å². The first-order valence-electron chi connectivity index (χ1n) is 12.0. The van der Waals surface area contributed by atoms with E-state index in [0.29, 0.717) is 0 Å². The Bertz CT molecular complexity index is 1320. The van der Waals surface area contributed by atoms with Crippen LogP contribution in [-0.4, -0.2) is 69.2 Å². The van der Waals surface area contributed by atoms with Crippen LogP contribution in [0.4, 0.5) is 8.78 Å². The van der Waals surface area contributed by atoms with Gasteiger partial charge in [-0.1, -0.05) is 48.0 Å². The number of ether oxygens (including phenoxy) is 1. The average molecular weight is 562 g/mol. The number of nitrogens with zero attached hydrogens (tertiary/aromatic N) is 1. The Kier molecular flexibility index (Phi) is 8.51. The highest BCUT2D eigenvalue weighted by molar-refractivity contribution is 6.30. The maximum Gasteiger partial charge on any atom is 0.387 e. The smallest absolute Gasteiger partial charge is 0.387 e. The number of carboxylic acids is 2. The maximum absolute atomic E-state index is 12.4. The summed E-state index contributed by atoms with van der Waals surface area (Å²) in [5.41, 5.74) is 6.10. The third-order valence-electron chi connectivity index (χ3n) is 6.98. The first-order valence-corrected chi connectivity index (χ1v) is 12.4. The van der Waals surface area contributed by atoms with Gasteiger partial charge in [0.1, 0.15) is 5.75 Å². The summed E-state index contributed by atoms with van der Waals surface area (Å²) in [5.74, 6) is -3.36. The molecule has 0 radical (unpaired) electrons. The number of aliphatic hydroxyl groups is 2. The minimum absolute atomic E-state index is 0.00562. The molecule has 2 unspecified atom stereocenters. The normalized spacial score (nSPS) is 20.8. The minimum atomic E-state index is -2.81. The molecule has 39 heavy (non-hydrogen) atoms. The van der Waals surface area contributed by atoms with Gasteiger partial charge in [-0.05, 0) is 71.1 Å². The lowest BCUT2D eigenvalue weighted by Gasteiger charge is -2.37. The molecule has 8 nitrogen and oxygen atoms in total. The molecular weight excluding hydrogens is 536 g/mol. The number of halogens is 3. The zero-order valence-electron chi connectivity index (χ0n) is 20.5. The number of benzene rings is 3. The first kappa shape index (κ1) is 28.4. The van der Waals surface area contributed by atoms with Crippen molar-refractivity contribution < 1.29 is 43.5 Å².